The molecule has 25 heavy (non-hydrogen) atoms. The Morgan fingerprint density at radius 2 is 1.12 bits per heavy atom. The van der Waals surface area contributed by atoms with Gasteiger partial charge in [-0.2, -0.15) is 0 Å². The van der Waals surface area contributed by atoms with Crippen LogP contribution in [0.3, 0.4) is 0 Å². The molecule has 0 N–H and O–H groups in total. The van der Waals surface area contributed by atoms with Gasteiger partial charge in [0.05, 0.1) is 0 Å². The molecule has 128 valence electrons. The van der Waals surface area contributed by atoms with Crippen molar-refractivity contribution in [2.24, 2.45) is 0 Å². The van der Waals surface area contributed by atoms with Gasteiger partial charge in [0, 0.05) is 0 Å². The van der Waals surface area contributed by atoms with Crippen molar-refractivity contribution >= 4 is 16.5 Å². The summed E-state index contributed by atoms with van der Waals surface area (Å²) in [6.45, 7) is 7.04. The quantitative estimate of drug-likeness (QED) is 0.508. The molecule has 2 aromatic carbocycles. The third-order valence-electron chi connectivity index (χ3n) is 7.02. The van der Waals surface area contributed by atoms with Crippen LogP contribution in [-0.2, 0) is 14.8 Å². The summed E-state index contributed by atoms with van der Waals surface area (Å²) in [5, 5.41) is 5.32. The molecule has 0 saturated heterocycles. The van der Waals surface area contributed by atoms with E-state index in [1.165, 1.54) is 11.1 Å². The monoisotopic (exact) mass is 364 g/mol. The summed E-state index contributed by atoms with van der Waals surface area (Å²) in [5.41, 5.74) is 9.07. The van der Waals surface area contributed by atoms with Gasteiger partial charge < -0.3 is 0 Å². The Labute approximate surface area is 152 Å². The van der Waals surface area contributed by atoms with Crippen molar-refractivity contribution in [3.8, 4) is 0 Å². The van der Waals surface area contributed by atoms with Crippen LogP contribution in [0.25, 0.3) is 12.2 Å². The van der Waals surface area contributed by atoms with Crippen molar-refractivity contribution in [3.05, 3.63) is 81.9 Å². The molecular formula is C24H28Ti. The zero-order valence-electron chi connectivity index (χ0n) is 16.0. The molecule has 2 aromatic rings. The summed E-state index contributed by atoms with van der Waals surface area (Å²) >= 11 is -3.11. The molecule has 4 rings (SSSR count). The first-order valence-electron chi connectivity index (χ1n) is 9.41. The molecule has 2 aliphatic carbocycles. The van der Waals surface area contributed by atoms with E-state index in [0.717, 1.165) is 0 Å². The summed E-state index contributed by atoms with van der Waals surface area (Å²) in [6, 6.07) is 18.1. The molecule has 0 saturated carbocycles. The fourth-order valence-corrected chi connectivity index (χ4v) is 16.1. The van der Waals surface area contributed by atoms with Crippen LogP contribution in [-0.4, -0.2) is 4.31 Å². The molecule has 0 radical (unpaired) electrons. The van der Waals surface area contributed by atoms with Gasteiger partial charge in [0.25, 0.3) is 0 Å². The van der Waals surface area contributed by atoms with Gasteiger partial charge in [0.15, 0.2) is 0 Å². The Morgan fingerprint density at radius 3 is 1.52 bits per heavy atom. The van der Waals surface area contributed by atoms with Gasteiger partial charge in [-0.25, -0.2) is 0 Å². The first-order chi connectivity index (χ1) is 11.9. The van der Waals surface area contributed by atoms with Crippen LogP contribution in [0.5, 0.6) is 0 Å². The summed E-state index contributed by atoms with van der Waals surface area (Å²) in [6.07, 6.45) is 4.86. The number of benzene rings is 2. The van der Waals surface area contributed by atoms with Crippen LogP contribution in [0.1, 0.15) is 51.5 Å². The second-order valence-electron chi connectivity index (χ2n) is 8.92. The molecule has 0 amide bonds. The van der Waals surface area contributed by atoms with E-state index in [1.807, 2.05) is 0 Å². The van der Waals surface area contributed by atoms with Gasteiger partial charge in [-0.1, -0.05) is 0 Å². The molecule has 2 atom stereocenters. The predicted molar refractivity (Wildman–Crippen MR) is 109 cm³/mol. The van der Waals surface area contributed by atoms with Gasteiger partial charge in [0.2, 0.25) is 0 Å². The zero-order chi connectivity index (χ0) is 17.8. The maximum absolute atomic E-state index is 3.11. The molecule has 2 unspecified atom stereocenters. The second kappa shape index (κ2) is 5.50. The second-order valence-corrected chi connectivity index (χ2v) is 20.2. The Balaban J connectivity index is 1.99. The molecule has 0 bridgehead atoms. The minimum absolute atomic E-state index is 0.581. The summed E-state index contributed by atoms with van der Waals surface area (Å²) in [7, 11) is 0. The zero-order valence-corrected chi connectivity index (χ0v) is 17.6. The molecule has 2 aliphatic rings. The standard InChI is InChI=1S/2C10H9.C2H4.2CH3.Ti/c2*1-8-6-9-4-2-3-5-10(9)7-8;1-2;;;/h2*2-7H,1H3;1H,2H3;2*1H3;. The van der Waals surface area contributed by atoms with E-state index in [4.69, 9.17) is 0 Å². The molecule has 0 nitrogen and oxygen atoms in total. The van der Waals surface area contributed by atoms with Gasteiger partial charge >= 0.3 is 153 Å². The van der Waals surface area contributed by atoms with Gasteiger partial charge in [-0.3, -0.25) is 0 Å². The third-order valence-corrected chi connectivity index (χ3v) is 17.9. The summed E-state index contributed by atoms with van der Waals surface area (Å²) in [5.74, 6) is 0. The number of hydrogen-bond acceptors (Lipinski definition) is 0. The van der Waals surface area contributed by atoms with Gasteiger partial charge in [-0.05, 0) is 0 Å². The van der Waals surface area contributed by atoms with E-state index in [1.54, 1.807) is 22.3 Å². The van der Waals surface area contributed by atoms with Crippen LogP contribution in [0.15, 0.2) is 59.7 Å². The number of hydrogen-bond donors (Lipinski definition) is 0. The van der Waals surface area contributed by atoms with E-state index >= 15 is 0 Å². The van der Waals surface area contributed by atoms with E-state index in [0.29, 0.717) is 8.45 Å². The normalized spacial score (nSPS) is 22.2. The predicted octanol–water partition coefficient (Wildman–Crippen LogP) is 6.91. The summed E-state index contributed by atoms with van der Waals surface area (Å²) in [4.78, 5) is 0. The fourth-order valence-electron chi connectivity index (χ4n) is 5.88. The molecule has 0 aliphatic heterocycles. The minimum atomic E-state index is -3.11. The van der Waals surface area contributed by atoms with Crippen molar-refractivity contribution in [1.29, 1.82) is 0 Å². The van der Waals surface area contributed by atoms with E-state index < -0.39 is 14.8 Å². The molecule has 0 heterocycles. The van der Waals surface area contributed by atoms with Crippen LogP contribution in [0.4, 0.5) is 0 Å². The first kappa shape index (κ1) is 16.9. The van der Waals surface area contributed by atoms with Crippen LogP contribution >= 0.6 is 0 Å². The van der Waals surface area contributed by atoms with E-state index in [9.17, 15) is 0 Å². The number of allylic oxidation sites excluding steroid dienone is 2. The SMILES string of the molecule is C[CH]=[Ti]([CH3])([CH3])([CH]1C(C)=Cc2ccccc21)[CH]1C(C)=Cc2ccccc21. The number of fused-ring (bicyclic) bond motifs is 2. The third kappa shape index (κ3) is 2.27. The van der Waals surface area contributed by atoms with Crippen molar-refractivity contribution in [3.63, 3.8) is 0 Å². The first-order valence-corrected chi connectivity index (χ1v) is 15.2. The van der Waals surface area contributed by atoms with Crippen molar-refractivity contribution in [2.45, 2.75) is 39.7 Å². The van der Waals surface area contributed by atoms with Crippen molar-refractivity contribution < 1.29 is 14.8 Å². The maximum atomic E-state index is 2.66. The Morgan fingerprint density at radius 1 is 0.720 bits per heavy atom. The van der Waals surface area contributed by atoms with E-state index in [-0.39, 0.29) is 0 Å². The Bertz CT molecular complexity index is 921. The topological polar surface area (TPSA) is 0 Å². The molecular weight excluding hydrogens is 336 g/mol. The molecule has 0 fully saturated rings. The van der Waals surface area contributed by atoms with Crippen LogP contribution in [0.2, 0.25) is 10.5 Å². The number of rotatable bonds is 2. The Kier molecular flexibility index (Phi) is 3.73. The van der Waals surface area contributed by atoms with Crippen LogP contribution in [0, 0.1) is 0 Å². The van der Waals surface area contributed by atoms with Gasteiger partial charge in [0.1, 0.15) is 0 Å². The average molecular weight is 364 g/mol. The molecule has 1 heteroatoms. The van der Waals surface area contributed by atoms with Crippen molar-refractivity contribution in [2.75, 3.05) is 0 Å². The molecule has 0 aromatic heterocycles. The Hall–Kier alpha value is -1.50. The van der Waals surface area contributed by atoms with Crippen molar-refractivity contribution in [1.82, 2.24) is 0 Å². The van der Waals surface area contributed by atoms with Gasteiger partial charge in [-0.15, -0.1) is 0 Å². The van der Waals surface area contributed by atoms with Crippen LogP contribution < -0.4 is 0 Å². The fraction of sp³-hybridized carbons (Fsp3) is 0.292. The average Bonchev–Trinajstić information content (AvgIpc) is 3.11. The molecule has 0 spiro atoms. The van der Waals surface area contributed by atoms with E-state index in [2.05, 4.69) is 96.2 Å². The summed E-state index contributed by atoms with van der Waals surface area (Å²) < 4.78 is 3.82.